The number of carbonyl (C=O) groups excluding carboxylic acids is 1. The Hall–Kier alpha value is -2.04. The first-order valence-corrected chi connectivity index (χ1v) is 6.36. The predicted octanol–water partition coefficient (Wildman–Crippen LogP) is 1.52. The molecule has 0 saturated carbocycles. The molecule has 0 fully saturated rings. The summed E-state index contributed by atoms with van der Waals surface area (Å²) >= 11 is 0. The van der Waals surface area contributed by atoms with Crippen molar-refractivity contribution in [1.29, 1.82) is 0 Å². The van der Waals surface area contributed by atoms with E-state index in [9.17, 15) is 4.79 Å². The van der Waals surface area contributed by atoms with Gasteiger partial charge in [-0.15, -0.1) is 0 Å². The van der Waals surface area contributed by atoms with Gasteiger partial charge in [-0.1, -0.05) is 41.9 Å². The van der Waals surface area contributed by atoms with Gasteiger partial charge >= 0.3 is 0 Å². The first kappa shape index (κ1) is 15.0. The molecule has 0 unspecified atom stereocenters. The first-order valence-electron chi connectivity index (χ1n) is 6.36. The molecule has 1 rings (SSSR count). The molecule has 1 amide bonds. The van der Waals surface area contributed by atoms with Gasteiger partial charge in [0, 0.05) is 6.54 Å². The normalized spacial score (nSPS) is 11.4. The van der Waals surface area contributed by atoms with E-state index in [1.807, 2.05) is 38.1 Å². The number of aryl methyl sites for hydroxylation is 1. The fourth-order valence-electron chi connectivity index (χ4n) is 1.90. The van der Waals surface area contributed by atoms with Gasteiger partial charge < -0.3 is 15.8 Å². The van der Waals surface area contributed by atoms with Crippen molar-refractivity contribution in [1.82, 2.24) is 4.90 Å². The quantitative estimate of drug-likeness (QED) is 0.353. The number of nitrogens with two attached hydrogens (primary N) is 1. The molecular weight excluding hydrogens is 242 g/mol. The topological polar surface area (TPSA) is 78.9 Å². The van der Waals surface area contributed by atoms with E-state index in [2.05, 4.69) is 5.16 Å². The molecule has 1 aromatic rings. The minimum Gasteiger partial charge on any atom is -0.409 e. The van der Waals surface area contributed by atoms with Crippen molar-refractivity contribution in [2.24, 2.45) is 10.9 Å². The Balaban J connectivity index is 2.71. The molecule has 104 valence electrons. The smallest absolute Gasteiger partial charge is 0.227 e. The van der Waals surface area contributed by atoms with E-state index in [1.165, 1.54) is 0 Å². The SMILES string of the molecule is CCCN(CC(N)=NO)C(=O)Cc1cccc(C)c1. The highest BCUT2D eigenvalue weighted by molar-refractivity contribution is 5.87. The summed E-state index contributed by atoms with van der Waals surface area (Å²) in [4.78, 5) is 13.8. The second kappa shape index (κ2) is 7.41. The second-order valence-electron chi connectivity index (χ2n) is 4.57. The Labute approximate surface area is 113 Å². The lowest BCUT2D eigenvalue weighted by Crippen LogP contribution is -2.39. The first-order chi connectivity index (χ1) is 9.06. The molecule has 0 saturated heterocycles. The molecule has 1 aromatic carbocycles. The molecule has 5 nitrogen and oxygen atoms in total. The highest BCUT2D eigenvalue weighted by atomic mass is 16.4. The molecule has 0 aromatic heterocycles. The number of carbonyl (C=O) groups is 1. The van der Waals surface area contributed by atoms with Gasteiger partial charge in [0.25, 0.3) is 0 Å². The summed E-state index contributed by atoms with van der Waals surface area (Å²) in [5.74, 6) is 0.0325. The molecule has 19 heavy (non-hydrogen) atoms. The van der Waals surface area contributed by atoms with Crippen LogP contribution in [0.5, 0.6) is 0 Å². The maximum Gasteiger partial charge on any atom is 0.227 e. The van der Waals surface area contributed by atoms with E-state index in [0.717, 1.165) is 17.5 Å². The zero-order chi connectivity index (χ0) is 14.3. The minimum absolute atomic E-state index is 0.0148. The Morgan fingerprint density at radius 1 is 1.47 bits per heavy atom. The predicted molar refractivity (Wildman–Crippen MR) is 75.2 cm³/mol. The van der Waals surface area contributed by atoms with Crippen LogP contribution in [0.25, 0.3) is 0 Å². The molecule has 0 aliphatic carbocycles. The van der Waals surface area contributed by atoms with E-state index < -0.39 is 0 Å². The van der Waals surface area contributed by atoms with E-state index in [-0.39, 0.29) is 18.3 Å². The Kier molecular flexibility index (Phi) is 5.85. The van der Waals surface area contributed by atoms with Crippen molar-refractivity contribution in [2.45, 2.75) is 26.7 Å². The number of amides is 1. The maximum absolute atomic E-state index is 12.2. The van der Waals surface area contributed by atoms with Crippen LogP contribution in [0.3, 0.4) is 0 Å². The van der Waals surface area contributed by atoms with Gasteiger partial charge in [0.1, 0.15) is 0 Å². The van der Waals surface area contributed by atoms with E-state index in [4.69, 9.17) is 10.9 Å². The van der Waals surface area contributed by atoms with Crippen molar-refractivity contribution in [3.05, 3.63) is 35.4 Å². The largest absolute Gasteiger partial charge is 0.409 e. The highest BCUT2D eigenvalue weighted by Gasteiger charge is 2.14. The summed E-state index contributed by atoms with van der Waals surface area (Å²) in [5.41, 5.74) is 7.57. The van der Waals surface area contributed by atoms with E-state index >= 15 is 0 Å². The van der Waals surface area contributed by atoms with Crippen LogP contribution in [-0.4, -0.2) is 34.9 Å². The molecular formula is C14H21N3O2. The third-order valence-electron chi connectivity index (χ3n) is 2.77. The zero-order valence-electron chi connectivity index (χ0n) is 11.5. The van der Waals surface area contributed by atoms with Crippen molar-refractivity contribution < 1.29 is 10.0 Å². The van der Waals surface area contributed by atoms with Crippen molar-refractivity contribution in [2.75, 3.05) is 13.1 Å². The molecule has 0 radical (unpaired) electrons. The summed E-state index contributed by atoms with van der Waals surface area (Å²) in [6.07, 6.45) is 1.17. The lowest BCUT2D eigenvalue weighted by Gasteiger charge is -2.21. The van der Waals surface area contributed by atoms with Crippen LogP contribution in [0.15, 0.2) is 29.4 Å². The summed E-state index contributed by atoms with van der Waals surface area (Å²) in [6, 6.07) is 7.85. The number of hydrogen-bond donors (Lipinski definition) is 2. The average Bonchev–Trinajstić information content (AvgIpc) is 2.38. The van der Waals surface area contributed by atoms with Crippen LogP contribution in [0, 0.1) is 6.92 Å². The Morgan fingerprint density at radius 3 is 2.79 bits per heavy atom. The van der Waals surface area contributed by atoms with Crippen molar-refractivity contribution in [3.8, 4) is 0 Å². The second-order valence-corrected chi connectivity index (χ2v) is 4.57. The van der Waals surface area contributed by atoms with Gasteiger partial charge in [-0.25, -0.2) is 0 Å². The van der Waals surface area contributed by atoms with Gasteiger partial charge in [-0.3, -0.25) is 4.79 Å². The monoisotopic (exact) mass is 263 g/mol. The van der Waals surface area contributed by atoms with Crippen molar-refractivity contribution >= 4 is 11.7 Å². The number of hydrogen-bond acceptors (Lipinski definition) is 3. The number of amidine groups is 1. The zero-order valence-corrected chi connectivity index (χ0v) is 11.5. The Morgan fingerprint density at radius 2 is 2.21 bits per heavy atom. The van der Waals surface area contributed by atoms with Crippen LogP contribution in [0.1, 0.15) is 24.5 Å². The summed E-state index contributed by atoms with van der Waals surface area (Å²) in [5, 5.41) is 11.5. The van der Waals surface area contributed by atoms with E-state index in [1.54, 1.807) is 4.90 Å². The van der Waals surface area contributed by atoms with Gasteiger partial charge in [-0.2, -0.15) is 0 Å². The van der Waals surface area contributed by atoms with Crippen LogP contribution in [0.4, 0.5) is 0 Å². The van der Waals surface area contributed by atoms with Gasteiger partial charge in [-0.05, 0) is 18.9 Å². The number of oxime groups is 1. The molecule has 0 atom stereocenters. The van der Waals surface area contributed by atoms with Crippen LogP contribution >= 0.6 is 0 Å². The van der Waals surface area contributed by atoms with Crippen LogP contribution in [0.2, 0.25) is 0 Å². The fourth-order valence-corrected chi connectivity index (χ4v) is 1.90. The summed E-state index contributed by atoms with van der Waals surface area (Å²) < 4.78 is 0. The summed E-state index contributed by atoms with van der Waals surface area (Å²) in [6.45, 7) is 4.74. The molecule has 5 heteroatoms. The highest BCUT2D eigenvalue weighted by Crippen LogP contribution is 2.07. The number of nitrogens with zero attached hydrogens (tertiary/aromatic N) is 2. The van der Waals surface area contributed by atoms with Crippen LogP contribution < -0.4 is 5.73 Å². The third-order valence-corrected chi connectivity index (χ3v) is 2.77. The molecule has 0 heterocycles. The summed E-state index contributed by atoms with van der Waals surface area (Å²) in [7, 11) is 0. The minimum atomic E-state index is -0.0148. The fraction of sp³-hybridized carbons (Fsp3) is 0.429. The molecule has 0 spiro atoms. The van der Waals surface area contributed by atoms with Gasteiger partial charge in [0.2, 0.25) is 5.91 Å². The lowest BCUT2D eigenvalue weighted by atomic mass is 10.1. The molecule has 0 aliphatic rings. The molecule has 0 bridgehead atoms. The van der Waals surface area contributed by atoms with Crippen molar-refractivity contribution in [3.63, 3.8) is 0 Å². The number of rotatable bonds is 6. The maximum atomic E-state index is 12.2. The average molecular weight is 263 g/mol. The van der Waals surface area contributed by atoms with Gasteiger partial charge in [0.15, 0.2) is 5.84 Å². The third kappa shape index (κ3) is 4.99. The lowest BCUT2D eigenvalue weighted by molar-refractivity contribution is -0.129. The molecule has 3 N–H and O–H groups in total. The van der Waals surface area contributed by atoms with Gasteiger partial charge in [0.05, 0.1) is 13.0 Å². The van der Waals surface area contributed by atoms with E-state index in [0.29, 0.717) is 13.0 Å². The molecule has 0 aliphatic heterocycles. The standard InChI is InChI=1S/C14H21N3O2/c1-3-7-17(10-13(15)16-19)14(18)9-12-6-4-5-11(2)8-12/h4-6,8,19H,3,7,9-10H2,1-2H3,(H2,15,16). The van der Waals surface area contributed by atoms with Crippen LogP contribution in [-0.2, 0) is 11.2 Å². The Bertz CT molecular complexity index is 458. The number of benzene rings is 1.